The van der Waals surface area contributed by atoms with Crippen LogP contribution in [0.4, 0.5) is 4.39 Å². The normalized spacial score (nSPS) is 16.5. The number of hydrogen-bond donors (Lipinski definition) is 2. The van der Waals surface area contributed by atoms with Crippen molar-refractivity contribution in [2.75, 3.05) is 6.61 Å². The highest BCUT2D eigenvalue weighted by molar-refractivity contribution is 5.82. The highest BCUT2D eigenvalue weighted by Crippen LogP contribution is 2.19. The quantitative estimate of drug-likeness (QED) is 0.641. The number of hydrazine groups is 1. The number of halogens is 1. The minimum Gasteiger partial charge on any atom is -0.481 e. The third-order valence-corrected chi connectivity index (χ3v) is 3.10. The lowest BCUT2D eigenvalue weighted by Gasteiger charge is -2.10. The predicted molar refractivity (Wildman–Crippen MR) is 74.7 cm³/mol. The first-order valence-electron chi connectivity index (χ1n) is 6.77. The molecule has 0 fully saturated rings. The van der Waals surface area contributed by atoms with Gasteiger partial charge < -0.3 is 4.74 Å². The Hall–Kier alpha value is -2.37. The molecule has 0 spiro atoms. The van der Waals surface area contributed by atoms with E-state index in [0.717, 1.165) is 12.8 Å². The van der Waals surface area contributed by atoms with Gasteiger partial charge in [0.05, 0.1) is 0 Å². The number of hydrogen-bond acceptors (Lipinski definition) is 3. The van der Waals surface area contributed by atoms with Crippen molar-refractivity contribution in [3.8, 4) is 5.75 Å². The summed E-state index contributed by atoms with van der Waals surface area (Å²) < 4.78 is 18.3. The fourth-order valence-electron chi connectivity index (χ4n) is 2.04. The molecule has 6 heteroatoms. The predicted octanol–water partition coefficient (Wildman–Crippen LogP) is 1.71. The molecule has 2 rings (SSSR count). The van der Waals surface area contributed by atoms with Crippen molar-refractivity contribution in [1.29, 1.82) is 0 Å². The molecule has 0 saturated heterocycles. The molecular formula is C15H17FN2O3. The number of amides is 2. The lowest BCUT2D eigenvalue weighted by atomic mass is 10.1. The summed E-state index contributed by atoms with van der Waals surface area (Å²) in [6.07, 6.45) is 6.32. The first-order valence-corrected chi connectivity index (χ1v) is 6.77. The lowest BCUT2D eigenvalue weighted by Crippen LogP contribution is -2.44. The van der Waals surface area contributed by atoms with Crippen molar-refractivity contribution >= 4 is 11.8 Å². The molecule has 0 radical (unpaired) electrons. The smallest absolute Gasteiger partial charge is 0.276 e. The van der Waals surface area contributed by atoms with Crippen LogP contribution in [0.5, 0.6) is 5.75 Å². The third-order valence-electron chi connectivity index (χ3n) is 3.10. The minimum absolute atomic E-state index is 0.00457. The average molecular weight is 292 g/mol. The van der Waals surface area contributed by atoms with E-state index in [1.54, 1.807) is 6.07 Å². The first-order chi connectivity index (χ1) is 10.1. The summed E-state index contributed by atoms with van der Waals surface area (Å²) in [6.45, 7) is -0.370. The Morgan fingerprint density at radius 2 is 2.00 bits per heavy atom. The number of carbonyl (C=O) groups is 2. The van der Waals surface area contributed by atoms with Crippen LogP contribution in [0.15, 0.2) is 36.4 Å². The van der Waals surface area contributed by atoms with Gasteiger partial charge in [-0.15, -0.1) is 0 Å². The van der Waals surface area contributed by atoms with E-state index in [2.05, 4.69) is 10.9 Å². The highest BCUT2D eigenvalue weighted by Gasteiger charge is 2.14. The van der Waals surface area contributed by atoms with Crippen LogP contribution in [0.2, 0.25) is 0 Å². The van der Waals surface area contributed by atoms with Crippen molar-refractivity contribution in [2.45, 2.75) is 19.3 Å². The Balaban J connectivity index is 1.66. The zero-order chi connectivity index (χ0) is 15.1. The number of nitrogens with one attached hydrogen (secondary N) is 2. The van der Waals surface area contributed by atoms with Gasteiger partial charge in [-0.2, -0.15) is 0 Å². The second-order valence-electron chi connectivity index (χ2n) is 4.79. The molecule has 0 unspecified atom stereocenters. The van der Waals surface area contributed by atoms with Crippen molar-refractivity contribution in [1.82, 2.24) is 10.9 Å². The fraction of sp³-hybridized carbons (Fsp3) is 0.333. The van der Waals surface area contributed by atoms with Gasteiger partial charge in [-0.05, 0) is 30.9 Å². The van der Waals surface area contributed by atoms with Crippen molar-refractivity contribution < 1.29 is 18.7 Å². The Morgan fingerprint density at radius 3 is 2.71 bits per heavy atom. The summed E-state index contributed by atoms with van der Waals surface area (Å²) in [5, 5.41) is 0. The number of rotatable bonds is 5. The third kappa shape index (κ3) is 4.91. The number of ether oxygens (including phenoxy) is 1. The van der Waals surface area contributed by atoms with Gasteiger partial charge in [0.2, 0.25) is 5.91 Å². The molecule has 0 heterocycles. The van der Waals surface area contributed by atoms with Crippen LogP contribution < -0.4 is 15.6 Å². The van der Waals surface area contributed by atoms with Gasteiger partial charge in [0, 0.05) is 6.42 Å². The van der Waals surface area contributed by atoms with Gasteiger partial charge in [-0.1, -0.05) is 24.3 Å². The van der Waals surface area contributed by atoms with E-state index >= 15 is 0 Å². The summed E-state index contributed by atoms with van der Waals surface area (Å²) in [5.41, 5.74) is 4.55. The van der Waals surface area contributed by atoms with Gasteiger partial charge >= 0.3 is 0 Å². The van der Waals surface area contributed by atoms with Crippen molar-refractivity contribution in [3.63, 3.8) is 0 Å². The van der Waals surface area contributed by atoms with Gasteiger partial charge in [-0.3, -0.25) is 20.4 Å². The summed E-state index contributed by atoms with van der Waals surface area (Å²) in [5.74, 6) is -1.12. The van der Waals surface area contributed by atoms with Gasteiger partial charge in [-0.25, -0.2) is 4.39 Å². The van der Waals surface area contributed by atoms with Crippen molar-refractivity contribution in [3.05, 3.63) is 42.2 Å². The molecule has 21 heavy (non-hydrogen) atoms. The Labute approximate surface area is 122 Å². The monoisotopic (exact) mass is 292 g/mol. The van der Waals surface area contributed by atoms with Crippen LogP contribution in [0.1, 0.15) is 19.3 Å². The fourth-order valence-corrected chi connectivity index (χ4v) is 2.04. The molecule has 2 amide bonds. The van der Waals surface area contributed by atoms with Crippen LogP contribution >= 0.6 is 0 Å². The molecule has 0 saturated carbocycles. The second kappa shape index (κ2) is 7.42. The molecule has 112 valence electrons. The molecule has 0 aromatic heterocycles. The van der Waals surface area contributed by atoms with E-state index in [9.17, 15) is 14.0 Å². The van der Waals surface area contributed by atoms with E-state index in [1.807, 2.05) is 12.2 Å². The molecule has 0 aliphatic heterocycles. The second-order valence-corrected chi connectivity index (χ2v) is 4.79. The molecule has 1 atom stereocenters. The van der Waals surface area contributed by atoms with E-state index in [1.165, 1.54) is 18.2 Å². The van der Waals surface area contributed by atoms with Crippen LogP contribution in [-0.2, 0) is 9.59 Å². The molecule has 5 nitrogen and oxygen atoms in total. The molecular weight excluding hydrogens is 275 g/mol. The van der Waals surface area contributed by atoms with Crippen LogP contribution in [0.25, 0.3) is 0 Å². The lowest BCUT2D eigenvalue weighted by molar-refractivity contribution is -0.130. The van der Waals surface area contributed by atoms with Gasteiger partial charge in [0.15, 0.2) is 18.2 Å². The maximum Gasteiger partial charge on any atom is 0.276 e. The van der Waals surface area contributed by atoms with Crippen LogP contribution in [-0.4, -0.2) is 18.4 Å². The first kappa shape index (κ1) is 15.0. The Bertz CT molecular complexity index is 545. The topological polar surface area (TPSA) is 67.4 Å². The highest BCUT2D eigenvalue weighted by atomic mass is 19.1. The molecule has 0 bridgehead atoms. The summed E-state index contributed by atoms with van der Waals surface area (Å²) in [7, 11) is 0. The molecule has 1 aromatic rings. The SMILES string of the molecule is O=C(COc1ccccc1F)NNC(=O)C[C@H]1C=CCC1. The van der Waals surface area contributed by atoms with E-state index in [0.29, 0.717) is 6.42 Å². The van der Waals surface area contributed by atoms with Crippen LogP contribution in [0, 0.1) is 11.7 Å². The standard InChI is InChI=1S/C15H17FN2O3/c16-12-7-3-4-8-13(12)21-10-15(20)18-17-14(19)9-11-5-1-2-6-11/h1,3-5,7-8,11H,2,6,9-10H2,(H,17,19)(H,18,20)/t11-/m0/s1. The maximum absolute atomic E-state index is 13.2. The maximum atomic E-state index is 13.2. The zero-order valence-corrected chi connectivity index (χ0v) is 11.5. The number of carbonyl (C=O) groups excluding carboxylic acids is 2. The summed E-state index contributed by atoms with van der Waals surface area (Å²) in [4.78, 5) is 23.1. The summed E-state index contributed by atoms with van der Waals surface area (Å²) in [6, 6.07) is 5.80. The van der Waals surface area contributed by atoms with E-state index < -0.39 is 11.7 Å². The van der Waals surface area contributed by atoms with Crippen LogP contribution in [0.3, 0.4) is 0 Å². The van der Waals surface area contributed by atoms with E-state index in [4.69, 9.17) is 4.74 Å². The number of benzene rings is 1. The largest absolute Gasteiger partial charge is 0.481 e. The summed E-state index contributed by atoms with van der Waals surface area (Å²) >= 11 is 0. The number of para-hydroxylation sites is 1. The zero-order valence-electron chi connectivity index (χ0n) is 11.5. The van der Waals surface area contributed by atoms with Gasteiger partial charge in [0.1, 0.15) is 0 Å². The molecule has 1 aliphatic rings. The Kier molecular flexibility index (Phi) is 5.31. The molecule has 1 aliphatic carbocycles. The Morgan fingerprint density at radius 1 is 1.24 bits per heavy atom. The number of allylic oxidation sites excluding steroid dienone is 2. The average Bonchev–Trinajstić information content (AvgIpc) is 2.97. The minimum atomic E-state index is -0.548. The van der Waals surface area contributed by atoms with Gasteiger partial charge in [0.25, 0.3) is 5.91 Å². The molecule has 1 aromatic carbocycles. The van der Waals surface area contributed by atoms with E-state index in [-0.39, 0.29) is 24.2 Å². The molecule has 2 N–H and O–H groups in total. The van der Waals surface area contributed by atoms with Crippen molar-refractivity contribution in [2.24, 2.45) is 5.92 Å².